The van der Waals surface area contributed by atoms with Crippen LogP contribution in [0.2, 0.25) is 0 Å². The summed E-state index contributed by atoms with van der Waals surface area (Å²) in [6.45, 7) is 0.393. The van der Waals surface area contributed by atoms with Crippen LogP contribution in [0.4, 0.5) is 4.39 Å². The molecular formula is C20H16FN3O2S. The number of hydrogen-bond donors (Lipinski definition) is 1. The number of carbonyl (C=O) groups excluding carboxylic acids is 1. The molecule has 1 amide bonds. The fraction of sp³-hybridized carbons (Fsp3) is 0.150. The van der Waals surface area contributed by atoms with E-state index in [-0.39, 0.29) is 18.1 Å². The first kappa shape index (κ1) is 17.4. The number of halogens is 1. The largest absolute Gasteiger partial charge is 0.441 e. The number of aromatic nitrogens is 2. The highest BCUT2D eigenvalue weighted by Crippen LogP contribution is 2.24. The first-order valence-electron chi connectivity index (χ1n) is 8.50. The van der Waals surface area contributed by atoms with E-state index in [1.54, 1.807) is 29.5 Å². The van der Waals surface area contributed by atoms with Gasteiger partial charge in [0.2, 0.25) is 5.91 Å². The van der Waals surface area contributed by atoms with Gasteiger partial charge in [-0.15, -0.1) is 11.3 Å². The molecule has 0 radical (unpaired) electrons. The molecule has 0 aliphatic carbocycles. The van der Waals surface area contributed by atoms with Gasteiger partial charge >= 0.3 is 0 Å². The maximum Gasteiger partial charge on any atom is 0.220 e. The van der Waals surface area contributed by atoms with Crippen molar-refractivity contribution in [2.45, 2.75) is 19.4 Å². The van der Waals surface area contributed by atoms with Crippen molar-refractivity contribution < 1.29 is 13.6 Å². The van der Waals surface area contributed by atoms with Crippen molar-refractivity contribution in [3.05, 3.63) is 71.4 Å². The molecule has 0 unspecified atom stereocenters. The van der Waals surface area contributed by atoms with E-state index in [1.165, 1.54) is 12.3 Å². The monoisotopic (exact) mass is 381 g/mol. The molecule has 0 saturated carbocycles. The van der Waals surface area contributed by atoms with Crippen molar-refractivity contribution in [3.8, 4) is 11.3 Å². The van der Waals surface area contributed by atoms with Gasteiger partial charge in [-0.3, -0.25) is 4.79 Å². The Labute approximate surface area is 158 Å². The van der Waals surface area contributed by atoms with Crippen LogP contribution < -0.4 is 5.32 Å². The molecule has 136 valence electrons. The third-order valence-corrected chi connectivity index (χ3v) is 5.07. The molecule has 5 nitrogen and oxygen atoms in total. The predicted octanol–water partition coefficient (Wildman–Crippen LogP) is 4.34. The lowest BCUT2D eigenvalue weighted by atomic mass is 10.2. The zero-order chi connectivity index (χ0) is 18.6. The number of para-hydroxylation sites is 1. The van der Waals surface area contributed by atoms with Gasteiger partial charge in [-0.2, -0.15) is 0 Å². The van der Waals surface area contributed by atoms with Gasteiger partial charge in [0, 0.05) is 12.8 Å². The molecular weight excluding hydrogens is 365 g/mol. The molecule has 0 saturated heterocycles. The first-order valence-corrected chi connectivity index (χ1v) is 9.31. The normalized spacial score (nSPS) is 11.0. The average Bonchev–Trinajstić information content (AvgIpc) is 3.31. The number of fused-ring (bicyclic) bond motifs is 1. The Morgan fingerprint density at radius 2 is 1.96 bits per heavy atom. The number of amides is 1. The molecule has 7 heteroatoms. The minimum Gasteiger partial charge on any atom is -0.441 e. The van der Waals surface area contributed by atoms with E-state index in [4.69, 9.17) is 4.42 Å². The van der Waals surface area contributed by atoms with Crippen molar-refractivity contribution in [2.75, 3.05) is 0 Å². The molecule has 0 aliphatic rings. The van der Waals surface area contributed by atoms with Crippen LogP contribution in [0.3, 0.4) is 0 Å². The number of benzene rings is 2. The Balaban J connectivity index is 1.31. The number of rotatable bonds is 6. The Morgan fingerprint density at radius 3 is 2.81 bits per heavy atom. The Hall–Kier alpha value is -3.06. The second-order valence-corrected chi connectivity index (χ2v) is 7.07. The molecule has 4 rings (SSSR count). The Bertz CT molecular complexity index is 1060. The van der Waals surface area contributed by atoms with Crippen LogP contribution in [0.1, 0.15) is 17.3 Å². The minimum absolute atomic E-state index is 0.111. The van der Waals surface area contributed by atoms with E-state index in [2.05, 4.69) is 15.3 Å². The average molecular weight is 381 g/mol. The van der Waals surface area contributed by atoms with Gasteiger partial charge in [0.1, 0.15) is 10.8 Å². The summed E-state index contributed by atoms with van der Waals surface area (Å²) in [5.74, 6) is 0.287. The third-order valence-electron chi connectivity index (χ3n) is 4.03. The summed E-state index contributed by atoms with van der Waals surface area (Å²) in [6, 6.07) is 14.2. The van der Waals surface area contributed by atoms with Crippen LogP contribution in [-0.2, 0) is 17.8 Å². The fourth-order valence-electron chi connectivity index (χ4n) is 2.69. The van der Waals surface area contributed by atoms with Gasteiger partial charge in [-0.25, -0.2) is 14.4 Å². The van der Waals surface area contributed by atoms with Crippen LogP contribution in [0.25, 0.3) is 21.5 Å². The lowest BCUT2D eigenvalue weighted by molar-refractivity contribution is -0.121. The van der Waals surface area contributed by atoms with E-state index in [0.717, 1.165) is 15.2 Å². The lowest BCUT2D eigenvalue weighted by Gasteiger charge is -2.01. The summed E-state index contributed by atoms with van der Waals surface area (Å²) < 4.78 is 20.4. The predicted molar refractivity (Wildman–Crippen MR) is 102 cm³/mol. The number of thiazole rings is 1. The van der Waals surface area contributed by atoms with Gasteiger partial charge in [0.15, 0.2) is 11.7 Å². The number of hydrogen-bond acceptors (Lipinski definition) is 5. The molecule has 2 heterocycles. The zero-order valence-corrected chi connectivity index (χ0v) is 15.1. The summed E-state index contributed by atoms with van der Waals surface area (Å²) in [6.07, 6.45) is 2.06. The highest BCUT2D eigenvalue weighted by Gasteiger charge is 2.12. The molecule has 2 aromatic heterocycles. The van der Waals surface area contributed by atoms with Gasteiger partial charge in [0.05, 0.1) is 28.5 Å². The van der Waals surface area contributed by atoms with E-state index >= 15 is 0 Å². The quantitative estimate of drug-likeness (QED) is 0.539. The van der Waals surface area contributed by atoms with Gasteiger partial charge in [-0.1, -0.05) is 24.3 Å². The van der Waals surface area contributed by atoms with Crippen LogP contribution in [0.15, 0.2) is 59.1 Å². The number of oxazole rings is 1. The number of nitrogens with one attached hydrogen (secondary N) is 1. The molecule has 0 bridgehead atoms. The van der Waals surface area contributed by atoms with Crippen LogP contribution in [0.5, 0.6) is 0 Å². The second kappa shape index (κ2) is 7.67. The summed E-state index contributed by atoms with van der Waals surface area (Å²) in [7, 11) is 0. The van der Waals surface area contributed by atoms with Crippen molar-refractivity contribution in [2.24, 2.45) is 0 Å². The summed E-state index contributed by atoms with van der Waals surface area (Å²) in [4.78, 5) is 20.7. The van der Waals surface area contributed by atoms with Gasteiger partial charge < -0.3 is 9.73 Å². The molecule has 0 aliphatic heterocycles. The molecule has 1 N–H and O–H groups in total. The molecule has 0 fully saturated rings. The number of aryl methyl sites for hydroxylation is 1. The van der Waals surface area contributed by atoms with Crippen LogP contribution >= 0.6 is 11.3 Å². The summed E-state index contributed by atoms with van der Waals surface area (Å²) >= 11 is 1.56. The maximum absolute atomic E-state index is 13.8. The SMILES string of the molecule is O=C(CCc1ncc(-c2ccccc2F)o1)NCc1nc2ccccc2s1. The van der Waals surface area contributed by atoms with Gasteiger partial charge in [-0.05, 0) is 24.3 Å². The number of carbonyl (C=O) groups is 1. The van der Waals surface area contributed by atoms with E-state index < -0.39 is 0 Å². The van der Waals surface area contributed by atoms with E-state index in [9.17, 15) is 9.18 Å². The standard InChI is InChI=1S/C20H16FN3O2S/c21-14-6-2-1-5-13(14)16-11-23-19(26-16)10-9-18(25)22-12-20-24-15-7-3-4-8-17(15)27-20/h1-8,11H,9-10,12H2,(H,22,25). The topological polar surface area (TPSA) is 68.0 Å². The van der Waals surface area contributed by atoms with Gasteiger partial charge in [0.25, 0.3) is 0 Å². The first-order chi connectivity index (χ1) is 13.2. The number of nitrogens with zero attached hydrogens (tertiary/aromatic N) is 2. The molecule has 2 aromatic carbocycles. The summed E-state index contributed by atoms with van der Waals surface area (Å²) in [5, 5.41) is 3.72. The van der Waals surface area contributed by atoms with Crippen molar-refractivity contribution in [1.29, 1.82) is 0 Å². The van der Waals surface area contributed by atoms with Crippen molar-refractivity contribution >= 4 is 27.5 Å². The van der Waals surface area contributed by atoms with E-state index in [0.29, 0.717) is 30.2 Å². The smallest absolute Gasteiger partial charge is 0.220 e. The highest BCUT2D eigenvalue weighted by atomic mass is 32.1. The van der Waals surface area contributed by atoms with Crippen LogP contribution in [-0.4, -0.2) is 15.9 Å². The van der Waals surface area contributed by atoms with E-state index in [1.807, 2.05) is 24.3 Å². The second-order valence-electron chi connectivity index (χ2n) is 5.95. The molecule has 27 heavy (non-hydrogen) atoms. The zero-order valence-electron chi connectivity index (χ0n) is 14.3. The minimum atomic E-state index is -0.367. The Kier molecular flexibility index (Phi) is 4.93. The molecule has 0 atom stereocenters. The third kappa shape index (κ3) is 4.03. The van der Waals surface area contributed by atoms with Crippen molar-refractivity contribution in [1.82, 2.24) is 15.3 Å². The highest BCUT2D eigenvalue weighted by molar-refractivity contribution is 7.18. The lowest BCUT2D eigenvalue weighted by Crippen LogP contribution is -2.22. The maximum atomic E-state index is 13.8. The molecule has 4 aromatic rings. The fourth-order valence-corrected chi connectivity index (χ4v) is 3.60. The Morgan fingerprint density at radius 1 is 1.15 bits per heavy atom. The molecule has 0 spiro atoms. The summed E-state index contributed by atoms with van der Waals surface area (Å²) in [5.41, 5.74) is 1.30. The van der Waals surface area contributed by atoms with Crippen molar-refractivity contribution in [3.63, 3.8) is 0 Å². The van der Waals surface area contributed by atoms with Crippen LogP contribution in [0, 0.1) is 5.82 Å².